The summed E-state index contributed by atoms with van der Waals surface area (Å²) in [6.07, 6.45) is 3.10. The number of phenolic OH excluding ortho intramolecular Hbond substituents is 1. The van der Waals surface area contributed by atoms with Crippen LogP contribution in [-0.2, 0) is 6.42 Å². The second kappa shape index (κ2) is 10.2. The van der Waals surface area contributed by atoms with Crippen LogP contribution in [0.3, 0.4) is 0 Å². The number of methoxy groups -OCH3 is 1. The van der Waals surface area contributed by atoms with Crippen LogP contribution in [0.15, 0.2) is 66.7 Å². The summed E-state index contributed by atoms with van der Waals surface area (Å²) < 4.78 is 5.54. The quantitative estimate of drug-likeness (QED) is 0.482. The number of hydrogen-bond donors (Lipinski definition) is 1. The van der Waals surface area contributed by atoms with Crippen LogP contribution in [0, 0.1) is 0 Å². The molecule has 1 aliphatic carbocycles. The average Bonchev–Trinajstić information content (AvgIpc) is 3.08. The molecular weight excluding hydrogens is 432 g/mol. The van der Waals surface area contributed by atoms with Gasteiger partial charge in [0, 0.05) is 37.9 Å². The predicted molar refractivity (Wildman–Crippen MR) is 145 cm³/mol. The number of piperazine rings is 1. The number of allylic oxidation sites excluding steroid dienone is 1. The Morgan fingerprint density at radius 1 is 0.800 bits per heavy atom. The number of aromatic hydroxyl groups is 1. The van der Waals surface area contributed by atoms with Gasteiger partial charge in [0.15, 0.2) is 0 Å². The fraction of sp³-hybridized carbons (Fsp3) is 0.355. The molecule has 0 amide bonds. The van der Waals surface area contributed by atoms with Crippen molar-refractivity contribution < 1.29 is 9.84 Å². The molecule has 182 valence electrons. The Hall–Kier alpha value is -3.24. The third-order valence-electron chi connectivity index (χ3n) is 7.54. The summed E-state index contributed by atoms with van der Waals surface area (Å²) in [7, 11) is 1.73. The van der Waals surface area contributed by atoms with Crippen molar-refractivity contribution in [2.24, 2.45) is 0 Å². The van der Waals surface area contributed by atoms with E-state index < -0.39 is 0 Å². The van der Waals surface area contributed by atoms with Gasteiger partial charge in [-0.1, -0.05) is 30.3 Å². The lowest BCUT2D eigenvalue weighted by molar-refractivity contribution is 0.209. The monoisotopic (exact) mass is 468 g/mol. The molecular formula is C31H36N2O2. The van der Waals surface area contributed by atoms with E-state index in [1.54, 1.807) is 19.2 Å². The molecule has 4 heteroatoms. The maximum atomic E-state index is 9.87. The standard InChI is InChI=1S/C31H36N2O2/c1-22(2)32-17-19-33(20-18-32)26-11-7-24(8-12-26)31-29(23-9-13-27(34)14-10-23)6-4-5-25-21-28(35-3)15-16-30(25)31/h7-16,21-22,34H,4-6,17-20H2,1-3H3. The number of ether oxygens (including phenoxy) is 1. The van der Waals surface area contributed by atoms with Crippen molar-refractivity contribution in [2.75, 3.05) is 38.2 Å². The van der Waals surface area contributed by atoms with Crippen LogP contribution < -0.4 is 9.64 Å². The number of fused-ring (bicyclic) bond motifs is 1. The van der Waals surface area contributed by atoms with Gasteiger partial charge in [0.25, 0.3) is 0 Å². The van der Waals surface area contributed by atoms with Crippen molar-refractivity contribution >= 4 is 16.8 Å². The zero-order chi connectivity index (χ0) is 24.4. The molecule has 0 aromatic heterocycles. The normalized spacial score (nSPS) is 16.9. The van der Waals surface area contributed by atoms with E-state index in [2.05, 4.69) is 66.1 Å². The van der Waals surface area contributed by atoms with Gasteiger partial charge >= 0.3 is 0 Å². The fourth-order valence-corrected chi connectivity index (χ4v) is 5.51. The van der Waals surface area contributed by atoms with Crippen molar-refractivity contribution in [1.82, 2.24) is 4.90 Å². The Kier molecular flexibility index (Phi) is 6.83. The topological polar surface area (TPSA) is 35.9 Å². The van der Waals surface area contributed by atoms with Gasteiger partial charge in [-0.3, -0.25) is 4.90 Å². The first kappa shape index (κ1) is 23.5. The molecule has 0 saturated carbocycles. The smallest absolute Gasteiger partial charge is 0.119 e. The minimum Gasteiger partial charge on any atom is -0.508 e. The highest BCUT2D eigenvalue weighted by atomic mass is 16.5. The lowest BCUT2D eigenvalue weighted by Gasteiger charge is -2.38. The molecule has 0 radical (unpaired) electrons. The molecule has 0 unspecified atom stereocenters. The first-order valence-electron chi connectivity index (χ1n) is 12.8. The van der Waals surface area contributed by atoms with Crippen LogP contribution in [0.4, 0.5) is 5.69 Å². The van der Waals surface area contributed by atoms with Crippen LogP contribution in [0.5, 0.6) is 11.5 Å². The second-order valence-corrected chi connectivity index (χ2v) is 9.94. The van der Waals surface area contributed by atoms with Gasteiger partial charge in [0.2, 0.25) is 0 Å². The molecule has 3 aromatic carbocycles. The lowest BCUT2D eigenvalue weighted by Crippen LogP contribution is -2.48. The molecule has 0 atom stereocenters. The van der Waals surface area contributed by atoms with E-state index in [0.717, 1.165) is 51.2 Å². The summed E-state index contributed by atoms with van der Waals surface area (Å²) in [5.41, 5.74) is 8.97. The molecule has 2 aliphatic rings. The molecule has 1 fully saturated rings. The number of phenols is 1. The van der Waals surface area contributed by atoms with Crippen molar-refractivity contribution in [1.29, 1.82) is 0 Å². The first-order valence-corrected chi connectivity index (χ1v) is 12.8. The van der Waals surface area contributed by atoms with Crippen molar-refractivity contribution in [3.63, 3.8) is 0 Å². The van der Waals surface area contributed by atoms with Gasteiger partial charge in [-0.05, 0) is 103 Å². The van der Waals surface area contributed by atoms with Gasteiger partial charge < -0.3 is 14.7 Å². The molecule has 35 heavy (non-hydrogen) atoms. The maximum absolute atomic E-state index is 9.87. The van der Waals surface area contributed by atoms with Crippen molar-refractivity contribution in [3.8, 4) is 11.5 Å². The Balaban J connectivity index is 1.54. The minimum absolute atomic E-state index is 0.302. The summed E-state index contributed by atoms with van der Waals surface area (Å²) in [6, 6.07) is 23.9. The average molecular weight is 469 g/mol. The molecule has 1 heterocycles. The molecule has 1 aliphatic heterocycles. The number of anilines is 1. The van der Waals surface area contributed by atoms with Crippen LogP contribution in [0.2, 0.25) is 0 Å². The van der Waals surface area contributed by atoms with Crippen molar-refractivity contribution in [3.05, 3.63) is 89.0 Å². The van der Waals surface area contributed by atoms with E-state index in [4.69, 9.17) is 4.74 Å². The summed E-state index contributed by atoms with van der Waals surface area (Å²) >= 11 is 0. The summed E-state index contributed by atoms with van der Waals surface area (Å²) in [4.78, 5) is 5.06. The van der Waals surface area contributed by atoms with Gasteiger partial charge in [-0.25, -0.2) is 0 Å². The SMILES string of the molecule is COc1ccc2c(c1)CCCC(c1ccc(O)cc1)=C2c1ccc(N2CCN(C(C)C)CC2)cc1. The van der Waals surface area contributed by atoms with E-state index in [9.17, 15) is 5.11 Å². The van der Waals surface area contributed by atoms with E-state index >= 15 is 0 Å². The van der Waals surface area contributed by atoms with E-state index in [0.29, 0.717) is 11.8 Å². The van der Waals surface area contributed by atoms with Crippen molar-refractivity contribution in [2.45, 2.75) is 39.2 Å². The van der Waals surface area contributed by atoms with Crippen LogP contribution in [-0.4, -0.2) is 49.3 Å². The molecule has 1 N–H and O–H groups in total. The highest BCUT2D eigenvalue weighted by molar-refractivity contribution is 6.00. The summed E-state index contributed by atoms with van der Waals surface area (Å²) in [5, 5.41) is 9.87. The molecule has 0 spiro atoms. The first-order chi connectivity index (χ1) is 17.0. The summed E-state index contributed by atoms with van der Waals surface area (Å²) in [6.45, 7) is 8.94. The summed E-state index contributed by atoms with van der Waals surface area (Å²) in [5.74, 6) is 1.21. The maximum Gasteiger partial charge on any atom is 0.119 e. The van der Waals surface area contributed by atoms with Gasteiger partial charge in [0.1, 0.15) is 11.5 Å². The Morgan fingerprint density at radius 3 is 2.14 bits per heavy atom. The lowest BCUT2D eigenvalue weighted by atomic mass is 9.87. The van der Waals surface area contributed by atoms with Gasteiger partial charge in [-0.2, -0.15) is 0 Å². The van der Waals surface area contributed by atoms with E-state index in [1.165, 1.54) is 39.1 Å². The molecule has 3 aromatic rings. The number of rotatable bonds is 5. The third-order valence-corrected chi connectivity index (χ3v) is 7.54. The van der Waals surface area contributed by atoms with Crippen LogP contribution in [0.25, 0.3) is 11.1 Å². The second-order valence-electron chi connectivity index (χ2n) is 9.94. The zero-order valence-electron chi connectivity index (χ0n) is 21.1. The Bertz CT molecular complexity index is 1190. The highest BCUT2D eigenvalue weighted by Gasteiger charge is 2.22. The highest BCUT2D eigenvalue weighted by Crippen LogP contribution is 2.41. The Labute approximate surface area is 209 Å². The largest absolute Gasteiger partial charge is 0.508 e. The molecule has 4 nitrogen and oxygen atoms in total. The zero-order valence-corrected chi connectivity index (χ0v) is 21.1. The van der Waals surface area contributed by atoms with Crippen LogP contribution >= 0.6 is 0 Å². The number of hydrogen-bond acceptors (Lipinski definition) is 4. The number of nitrogens with zero attached hydrogens (tertiary/aromatic N) is 2. The Morgan fingerprint density at radius 2 is 1.49 bits per heavy atom. The predicted octanol–water partition coefficient (Wildman–Crippen LogP) is 6.23. The number of benzene rings is 3. The molecule has 5 rings (SSSR count). The van der Waals surface area contributed by atoms with Gasteiger partial charge in [0.05, 0.1) is 7.11 Å². The fourth-order valence-electron chi connectivity index (χ4n) is 5.51. The third kappa shape index (κ3) is 4.94. The molecule has 0 bridgehead atoms. The van der Waals surface area contributed by atoms with Crippen LogP contribution in [0.1, 0.15) is 48.9 Å². The van der Waals surface area contributed by atoms with E-state index in [1.807, 2.05) is 12.1 Å². The molecule has 1 saturated heterocycles. The minimum atomic E-state index is 0.302. The number of aryl methyl sites for hydroxylation is 1. The van der Waals surface area contributed by atoms with Gasteiger partial charge in [-0.15, -0.1) is 0 Å². The van der Waals surface area contributed by atoms with E-state index in [-0.39, 0.29) is 0 Å².